The van der Waals surface area contributed by atoms with Crippen molar-refractivity contribution in [1.82, 2.24) is 19.9 Å². The minimum absolute atomic E-state index is 0.0516. The summed E-state index contributed by atoms with van der Waals surface area (Å²) in [6, 6.07) is 1.72. The molecule has 0 spiro atoms. The molecule has 3 heterocycles. The fraction of sp³-hybridized carbons (Fsp3) is 0.562. The minimum atomic E-state index is -0.149. The van der Waals surface area contributed by atoms with Crippen molar-refractivity contribution in [2.45, 2.75) is 31.8 Å². The highest BCUT2D eigenvalue weighted by Gasteiger charge is 2.36. The maximum absolute atomic E-state index is 12.8. The average Bonchev–Trinajstić information content (AvgIpc) is 3.05. The number of fused-ring (bicyclic) bond motifs is 1. The quantitative estimate of drug-likeness (QED) is 0.842. The van der Waals surface area contributed by atoms with Gasteiger partial charge in [0.1, 0.15) is 11.7 Å². The van der Waals surface area contributed by atoms with Crippen LogP contribution in [0.5, 0.6) is 0 Å². The van der Waals surface area contributed by atoms with Gasteiger partial charge in [0.2, 0.25) is 0 Å². The SMILES string of the molecule is COC[C@H]1c2nnn(CC3CC3)c2CCN1C(=O)c1ccsc1. The summed E-state index contributed by atoms with van der Waals surface area (Å²) in [4.78, 5) is 14.7. The Bertz CT molecular complexity index is 693. The number of hydrogen-bond donors (Lipinski definition) is 0. The summed E-state index contributed by atoms with van der Waals surface area (Å²) < 4.78 is 7.41. The van der Waals surface area contributed by atoms with E-state index < -0.39 is 0 Å². The van der Waals surface area contributed by atoms with E-state index in [2.05, 4.69) is 10.3 Å². The van der Waals surface area contributed by atoms with Gasteiger partial charge in [-0.2, -0.15) is 11.3 Å². The van der Waals surface area contributed by atoms with Crippen LogP contribution in [0.3, 0.4) is 0 Å². The summed E-state index contributed by atoms with van der Waals surface area (Å²) in [5, 5.41) is 12.6. The van der Waals surface area contributed by atoms with E-state index in [1.165, 1.54) is 29.9 Å². The smallest absolute Gasteiger partial charge is 0.255 e. The molecule has 2 aromatic rings. The van der Waals surface area contributed by atoms with Crippen molar-refractivity contribution >= 4 is 17.2 Å². The van der Waals surface area contributed by atoms with Gasteiger partial charge in [-0.1, -0.05) is 5.21 Å². The van der Waals surface area contributed by atoms with Crippen molar-refractivity contribution in [2.24, 2.45) is 5.92 Å². The molecule has 122 valence electrons. The largest absolute Gasteiger partial charge is 0.382 e. The van der Waals surface area contributed by atoms with E-state index >= 15 is 0 Å². The first-order chi connectivity index (χ1) is 11.3. The monoisotopic (exact) mass is 332 g/mol. The number of carbonyl (C=O) groups is 1. The Hall–Kier alpha value is -1.73. The molecule has 6 nitrogen and oxygen atoms in total. The highest BCUT2D eigenvalue weighted by molar-refractivity contribution is 7.08. The normalized spacial score (nSPS) is 20.6. The molecule has 1 aliphatic carbocycles. The number of methoxy groups -OCH3 is 1. The van der Waals surface area contributed by atoms with Gasteiger partial charge < -0.3 is 9.64 Å². The van der Waals surface area contributed by atoms with Crippen LogP contribution in [0.15, 0.2) is 16.8 Å². The lowest BCUT2D eigenvalue weighted by atomic mass is 10.0. The van der Waals surface area contributed by atoms with Crippen LogP contribution in [-0.4, -0.2) is 46.1 Å². The molecule has 0 N–H and O–H groups in total. The Morgan fingerprint density at radius 1 is 1.48 bits per heavy atom. The third-order valence-corrected chi connectivity index (χ3v) is 5.31. The zero-order chi connectivity index (χ0) is 15.8. The van der Waals surface area contributed by atoms with Gasteiger partial charge in [-0.3, -0.25) is 4.79 Å². The van der Waals surface area contributed by atoms with E-state index in [1.54, 1.807) is 7.11 Å². The third kappa shape index (κ3) is 2.79. The van der Waals surface area contributed by atoms with Crippen LogP contribution in [-0.2, 0) is 17.7 Å². The van der Waals surface area contributed by atoms with Crippen molar-refractivity contribution in [3.63, 3.8) is 0 Å². The van der Waals surface area contributed by atoms with Gasteiger partial charge in [-0.05, 0) is 30.2 Å². The van der Waals surface area contributed by atoms with Gasteiger partial charge in [0, 0.05) is 32.0 Å². The van der Waals surface area contributed by atoms with Crippen molar-refractivity contribution < 1.29 is 9.53 Å². The lowest BCUT2D eigenvalue weighted by molar-refractivity contribution is 0.0490. The molecule has 0 unspecified atom stereocenters. The van der Waals surface area contributed by atoms with E-state index in [-0.39, 0.29) is 11.9 Å². The van der Waals surface area contributed by atoms with Crippen molar-refractivity contribution in [2.75, 3.05) is 20.3 Å². The molecule has 23 heavy (non-hydrogen) atoms. The van der Waals surface area contributed by atoms with Crippen LogP contribution in [0.25, 0.3) is 0 Å². The lowest BCUT2D eigenvalue weighted by Gasteiger charge is -2.34. The molecule has 2 aliphatic rings. The van der Waals surface area contributed by atoms with E-state index in [9.17, 15) is 4.79 Å². The Morgan fingerprint density at radius 2 is 2.35 bits per heavy atom. The van der Waals surface area contributed by atoms with E-state index in [0.29, 0.717) is 13.2 Å². The Kier molecular flexibility index (Phi) is 3.90. The Labute approximate surface area is 139 Å². The number of ether oxygens (including phenoxy) is 1. The van der Waals surface area contributed by atoms with Gasteiger partial charge in [-0.15, -0.1) is 5.10 Å². The first-order valence-corrected chi connectivity index (χ1v) is 8.96. The molecular weight excluding hydrogens is 312 g/mol. The lowest BCUT2D eigenvalue weighted by Crippen LogP contribution is -2.42. The topological polar surface area (TPSA) is 60.3 Å². The summed E-state index contributed by atoms with van der Waals surface area (Å²) in [7, 11) is 1.66. The summed E-state index contributed by atoms with van der Waals surface area (Å²) in [5.41, 5.74) is 2.82. The molecule has 1 fully saturated rings. The molecule has 0 radical (unpaired) electrons. The zero-order valence-corrected chi connectivity index (χ0v) is 14.0. The molecule has 1 aliphatic heterocycles. The second kappa shape index (κ2) is 6.05. The number of amides is 1. The maximum atomic E-state index is 12.8. The van der Waals surface area contributed by atoms with Gasteiger partial charge in [0.25, 0.3) is 5.91 Å². The van der Waals surface area contributed by atoms with Crippen LogP contribution in [0.2, 0.25) is 0 Å². The first-order valence-electron chi connectivity index (χ1n) is 8.02. The molecular formula is C16H20N4O2S. The number of thiophene rings is 1. The molecule has 0 bridgehead atoms. The highest BCUT2D eigenvalue weighted by atomic mass is 32.1. The number of carbonyl (C=O) groups excluding carboxylic acids is 1. The Balaban J connectivity index is 1.62. The van der Waals surface area contributed by atoms with Crippen LogP contribution in [0.4, 0.5) is 0 Å². The van der Waals surface area contributed by atoms with Crippen LogP contribution < -0.4 is 0 Å². The molecule has 0 aromatic carbocycles. The first kappa shape index (κ1) is 14.8. The molecule has 4 rings (SSSR count). The van der Waals surface area contributed by atoms with Crippen LogP contribution >= 0.6 is 11.3 Å². The molecule has 2 aromatic heterocycles. The fourth-order valence-electron chi connectivity index (χ4n) is 3.21. The number of rotatable bonds is 5. The second-order valence-electron chi connectivity index (χ2n) is 6.28. The number of aromatic nitrogens is 3. The zero-order valence-electron chi connectivity index (χ0n) is 13.1. The summed E-state index contributed by atoms with van der Waals surface area (Å²) in [5.74, 6) is 0.808. The number of nitrogens with zero attached hydrogens (tertiary/aromatic N) is 4. The standard InChI is InChI=1S/C16H20N4O2S/c1-22-9-14-15-13(20(18-17-15)8-11-2-3-11)4-6-19(14)16(21)12-5-7-23-10-12/h5,7,10-11,14H,2-4,6,8-9H2,1H3/t14-/m0/s1. The maximum Gasteiger partial charge on any atom is 0.255 e. The van der Waals surface area contributed by atoms with Gasteiger partial charge in [-0.25, -0.2) is 4.68 Å². The molecule has 7 heteroatoms. The average molecular weight is 332 g/mol. The van der Waals surface area contributed by atoms with Crippen LogP contribution in [0, 0.1) is 5.92 Å². The minimum Gasteiger partial charge on any atom is -0.382 e. The third-order valence-electron chi connectivity index (χ3n) is 4.63. The van der Waals surface area contributed by atoms with Crippen molar-refractivity contribution in [1.29, 1.82) is 0 Å². The predicted molar refractivity (Wildman–Crippen MR) is 86.4 cm³/mol. The Morgan fingerprint density at radius 3 is 3.04 bits per heavy atom. The van der Waals surface area contributed by atoms with Gasteiger partial charge in [0.15, 0.2) is 0 Å². The molecule has 0 saturated heterocycles. The fourth-order valence-corrected chi connectivity index (χ4v) is 3.84. The van der Waals surface area contributed by atoms with Crippen molar-refractivity contribution in [3.8, 4) is 0 Å². The van der Waals surface area contributed by atoms with Crippen LogP contribution in [0.1, 0.15) is 40.6 Å². The van der Waals surface area contributed by atoms with E-state index in [4.69, 9.17) is 4.74 Å². The van der Waals surface area contributed by atoms with E-state index in [1.807, 2.05) is 26.4 Å². The summed E-state index contributed by atoms with van der Waals surface area (Å²) in [6.45, 7) is 2.10. The molecule has 1 amide bonds. The molecule has 1 saturated carbocycles. The van der Waals surface area contributed by atoms with Gasteiger partial charge in [0.05, 0.1) is 17.9 Å². The predicted octanol–water partition coefficient (Wildman–Crippen LogP) is 2.14. The number of hydrogen-bond acceptors (Lipinski definition) is 5. The van der Waals surface area contributed by atoms with Crippen molar-refractivity contribution in [3.05, 3.63) is 33.8 Å². The second-order valence-corrected chi connectivity index (χ2v) is 7.06. The summed E-state index contributed by atoms with van der Waals surface area (Å²) >= 11 is 1.54. The van der Waals surface area contributed by atoms with E-state index in [0.717, 1.165) is 30.1 Å². The van der Waals surface area contributed by atoms with Gasteiger partial charge >= 0.3 is 0 Å². The molecule has 1 atom stereocenters. The summed E-state index contributed by atoms with van der Waals surface area (Å²) in [6.07, 6.45) is 3.39. The highest BCUT2D eigenvalue weighted by Crippen LogP contribution is 2.34.